The molecule has 3 aromatic rings. The van der Waals surface area contributed by atoms with Crippen LogP contribution < -0.4 is 4.90 Å². The molecule has 2 saturated heterocycles. The minimum Gasteiger partial charge on any atom is -0.379 e. The molecule has 2 aromatic carbocycles. The summed E-state index contributed by atoms with van der Waals surface area (Å²) in [5.74, 6) is -0.0198. The number of carbonyl (C=O) groups is 1. The summed E-state index contributed by atoms with van der Waals surface area (Å²) in [7, 11) is 3.71. The fourth-order valence-corrected chi connectivity index (χ4v) is 6.61. The van der Waals surface area contributed by atoms with E-state index in [2.05, 4.69) is 40.9 Å². The van der Waals surface area contributed by atoms with Gasteiger partial charge in [0.1, 0.15) is 6.33 Å². The summed E-state index contributed by atoms with van der Waals surface area (Å²) in [6.07, 6.45) is -4.73. The van der Waals surface area contributed by atoms with Crippen LogP contribution in [-0.2, 0) is 36.5 Å². The van der Waals surface area contributed by atoms with E-state index in [9.17, 15) is 18.0 Å². The molecular weight excluding hydrogens is 564 g/mol. The molecule has 0 N–H and O–H groups in total. The van der Waals surface area contributed by atoms with Gasteiger partial charge < -0.3 is 19.1 Å². The molecule has 2 atom stereocenters. The van der Waals surface area contributed by atoms with Crippen LogP contribution in [0.2, 0.25) is 0 Å². The van der Waals surface area contributed by atoms with Gasteiger partial charge in [-0.15, -0.1) is 10.2 Å². The van der Waals surface area contributed by atoms with Gasteiger partial charge in [-0.25, -0.2) is 4.39 Å². The second kappa shape index (κ2) is 11.0. The van der Waals surface area contributed by atoms with E-state index in [0.717, 1.165) is 19.6 Å². The van der Waals surface area contributed by atoms with E-state index in [1.807, 2.05) is 0 Å². The lowest BCUT2D eigenvalue weighted by molar-refractivity contribution is -0.138. The average molecular weight is 601 g/mol. The molecule has 0 radical (unpaired) electrons. The third-order valence-corrected chi connectivity index (χ3v) is 9.21. The maximum atomic E-state index is 15.9. The highest BCUT2D eigenvalue weighted by Crippen LogP contribution is 2.47. The Hall–Kier alpha value is -3.35. The van der Waals surface area contributed by atoms with Crippen LogP contribution in [0.3, 0.4) is 0 Å². The summed E-state index contributed by atoms with van der Waals surface area (Å²) in [6, 6.07) is 9.82. The predicted molar refractivity (Wildman–Crippen MR) is 152 cm³/mol. The Morgan fingerprint density at radius 3 is 2.51 bits per heavy atom. The number of benzene rings is 2. The van der Waals surface area contributed by atoms with Gasteiger partial charge in [0.2, 0.25) is 0 Å². The van der Waals surface area contributed by atoms with E-state index in [1.54, 1.807) is 37.4 Å². The number of anilines is 1. The van der Waals surface area contributed by atoms with E-state index in [1.165, 1.54) is 21.9 Å². The highest BCUT2D eigenvalue weighted by atomic mass is 19.4. The minimum atomic E-state index is -4.62. The zero-order chi connectivity index (χ0) is 30.7. The van der Waals surface area contributed by atoms with Crippen LogP contribution >= 0.6 is 0 Å². The van der Waals surface area contributed by atoms with Gasteiger partial charge >= 0.3 is 6.18 Å². The number of ether oxygens (including phenoxy) is 1. The molecule has 4 heterocycles. The Labute approximate surface area is 248 Å². The van der Waals surface area contributed by atoms with Gasteiger partial charge in [0.05, 0.1) is 30.7 Å². The first-order valence-electron chi connectivity index (χ1n) is 14.5. The number of aromatic nitrogens is 3. The molecular formula is C31H36F4N6O2. The van der Waals surface area contributed by atoms with E-state index < -0.39 is 29.2 Å². The third kappa shape index (κ3) is 5.23. The van der Waals surface area contributed by atoms with Crippen LogP contribution in [0, 0.1) is 5.92 Å². The van der Waals surface area contributed by atoms with Crippen molar-refractivity contribution in [1.29, 1.82) is 0 Å². The smallest absolute Gasteiger partial charge is 0.379 e. The third-order valence-electron chi connectivity index (χ3n) is 9.21. The van der Waals surface area contributed by atoms with Crippen molar-refractivity contribution in [2.45, 2.75) is 50.7 Å². The van der Waals surface area contributed by atoms with Crippen molar-refractivity contribution in [1.82, 2.24) is 24.6 Å². The molecule has 8 nitrogen and oxygen atoms in total. The molecule has 230 valence electrons. The Morgan fingerprint density at radius 2 is 1.88 bits per heavy atom. The predicted octanol–water partition coefficient (Wildman–Crippen LogP) is 4.75. The molecule has 1 aromatic heterocycles. The van der Waals surface area contributed by atoms with Gasteiger partial charge in [-0.05, 0) is 53.9 Å². The summed E-state index contributed by atoms with van der Waals surface area (Å²) < 4.78 is 66.1. The van der Waals surface area contributed by atoms with Crippen molar-refractivity contribution >= 4 is 11.6 Å². The van der Waals surface area contributed by atoms with Gasteiger partial charge in [-0.3, -0.25) is 9.69 Å². The van der Waals surface area contributed by atoms with Crippen molar-refractivity contribution in [2.75, 3.05) is 44.8 Å². The second-order valence-corrected chi connectivity index (χ2v) is 12.5. The first-order chi connectivity index (χ1) is 20.4. The van der Waals surface area contributed by atoms with E-state index >= 15 is 4.39 Å². The molecule has 0 bridgehead atoms. The van der Waals surface area contributed by atoms with Crippen molar-refractivity contribution < 1.29 is 27.1 Å². The number of rotatable bonds is 7. The fraction of sp³-hybridized carbons (Fsp3) is 0.516. The molecule has 0 aliphatic carbocycles. The van der Waals surface area contributed by atoms with E-state index in [0.29, 0.717) is 29.3 Å². The number of halogens is 4. The maximum absolute atomic E-state index is 15.9. The average Bonchev–Trinajstić information content (AvgIpc) is 3.51. The van der Waals surface area contributed by atoms with Gasteiger partial charge in [-0.2, -0.15) is 13.2 Å². The molecule has 3 aliphatic rings. The highest BCUT2D eigenvalue weighted by molar-refractivity contribution is 6.10. The number of carbonyl (C=O) groups excluding carboxylic acids is 1. The molecule has 2 fully saturated rings. The van der Waals surface area contributed by atoms with Crippen molar-refractivity contribution in [3.63, 3.8) is 0 Å². The molecule has 43 heavy (non-hydrogen) atoms. The van der Waals surface area contributed by atoms with Crippen molar-refractivity contribution in [3.8, 4) is 0 Å². The first kappa shape index (κ1) is 29.7. The Morgan fingerprint density at radius 1 is 1.12 bits per heavy atom. The zero-order valence-electron chi connectivity index (χ0n) is 24.7. The number of aryl methyl sites for hydroxylation is 1. The van der Waals surface area contributed by atoms with Crippen molar-refractivity contribution in [2.24, 2.45) is 13.0 Å². The monoisotopic (exact) mass is 600 g/mol. The minimum absolute atomic E-state index is 0.0328. The van der Waals surface area contributed by atoms with Gasteiger partial charge in [0, 0.05) is 50.5 Å². The fourth-order valence-electron chi connectivity index (χ4n) is 6.61. The summed E-state index contributed by atoms with van der Waals surface area (Å²) in [4.78, 5) is 19.6. The Balaban J connectivity index is 1.32. The molecule has 6 rings (SSSR count). The quantitative estimate of drug-likeness (QED) is 0.365. The van der Waals surface area contributed by atoms with Crippen LogP contribution in [0.5, 0.6) is 0 Å². The molecule has 0 saturated carbocycles. The lowest BCUT2D eigenvalue weighted by Gasteiger charge is -2.43. The van der Waals surface area contributed by atoms with E-state index in [4.69, 9.17) is 4.74 Å². The number of hydrogen-bond donors (Lipinski definition) is 0. The Bertz CT molecular complexity index is 1520. The summed E-state index contributed by atoms with van der Waals surface area (Å²) in [5.41, 5.74) is -0.335. The second-order valence-electron chi connectivity index (χ2n) is 12.5. The largest absolute Gasteiger partial charge is 0.416 e. The molecule has 1 amide bonds. The number of fused-ring (bicyclic) bond motifs is 1. The number of hydrogen-bond acceptors (Lipinski definition) is 6. The number of likely N-dealkylation sites (N-methyl/N-ethyl adjacent to an activating group) is 1. The molecule has 0 spiro atoms. The first-order valence-corrected chi connectivity index (χ1v) is 14.5. The summed E-state index contributed by atoms with van der Waals surface area (Å²) in [6.45, 7) is 6.95. The molecule has 3 aliphatic heterocycles. The van der Waals surface area contributed by atoms with Gasteiger partial charge in [0.15, 0.2) is 12.0 Å². The SMILES string of the molecule is CC(C)[C@H]1CN(C)CCN1Cc1cc2c(c(C(F)(F)F)c1)CN(c1cccc(C3(C(F)c4nncn4C)COC3)c1)C2=O. The molecule has 12 heteroatoms. The zero-order valence-corrected chi connectivity index (χ0v) is 24.7. The standard InChI is InChI=1S/C31H36F4N6O2/c1-19(2)26-15-38(3)8-9-40(26)13-20-10-23-24(25(11-20)31(33,34)35)14-41(29(23)42)22-7-5-6-21(12-22)30(16-43-17-30)27(32)28-37-36-18-39(28)4/h5-7,10-12,18-19,26-27H,8-9,13-17H2,1-4H3/t26-,27?/m1/s1. The van der Waals surface area contributed by atoms with Crippen LogP contribution in [0.4, 0.5) is 23.2 Å². The maximum Gasteiger partial charge on any atom is 0.416 e. The van der Waals surface area contributed by atoms with Crippen LogP contribution in [0.1, 0.15) is 58.5 Å². The summed E-state index contributed by atoms with van der Waals surface area (Å²) in [5, 5.41) is 7.73. The lowest BCUT2D eigenvalue weighted by Crippen LogP contribution is -2.53. The van der Waals surface area contributed by atoms with Gasteiger partial charge in [-0.1, -0.05) is 26.0 Å². The van der Waals surface area contributed by atoms with Crippen LogP contribution in [0.25, 0.3) is 0 Å². The Kier molecular flexibility index (Phi) is 7.58. The van der Waals surface area contributed by atoms with Crippen LogP contribution in [-0.4, -0.2) is 76.4 Å². The lowest BCUT2D eigenvalue weighted by atomic mass is 9.74. The summed E-state index contributed by atoms with van der Waals surface area (Å²) >= 11 is 0. The van der Waals surface area contributed by atoms with Crippen LogP contribution in [0.15, 0.2) is 42.7 Å². The number of alkyl halides is 4. The van der Waals surface area contributed by atoms with E-state index in [-0.39, 0.29) is 42.8 Å². The van der Waals surface area contributed by atoms with Crippen molar-refractivity contribution in [3.05, 3.63) is 76.4 Å². The normalized spacial score (nSPS) is 21.7. The van der Waals surface area contributed by atoms with Gasteiger partial charge in [0.25, 0.3) is 5.91 Å². The number of nitrogens with zero attached hydrogens (tertiary/aromatic N) is 6. The topological polar surface area (TPSA) is 66.7 Å². The highest BCUT2D eigenvalue weighted by Gasteiger charge is 2.51. The molecule has 1 unspecified atom stereocenters. The number of amides is 1. The number of piperazine rings is 1.